The summed E-state index contributed by atoms with van der Waals surface area (Å²) in [6, 6.07) is 3.13. The van der Waals surface area contributed by atoms with Crippen LogP contribution in [0.3, 0.4) is 0 Å². The topological polar surface area (TPSA) is 95.5 Å². The highest BCUT2D eigenvalue weighted by Gasteiger charge is 2.14. The number of nitrogens with one attached hydrogen (secondary N) is 2. The second kappa shape index (κ2) is 7.00. The molecule has 0 fully saturated rings. The van der Waals surface area contributed by atoms with Gasteiger partial charge >= 0.3 is 5.97 Å². The lowest BCUT2D eigenvalue weighted by molar-refractivity contribution is -0.116. The average Bonchev–Trinajstić information content (AvgIpc) is 3.09. The lowest BCUT2D eigenvalue weighted by Crippen LogP contribution is -2.27. The number of amides is 2. The van der Waals surface area contributed by atoms with Crippen molar-refractivity contribution in [2.45, 2.75) is 6.42 Å². The normalized spacial score (nSPS) is 10.1. The third-order valence-electron chi connectivity index (χ3n) is 2.57. The lowest BCUT2D eigenvalue weighted by Gasteiger charge is -2.05. The predicted molar refractivity (Wildman–Crippen MR) is 81.2 cm³/mol. The Bertz CT molecular complexity index is 649. The van der Waals surface area contributed by atoms with Gasteiger partial charge in [0.25, 0.3) is 5.91 Å². The number of anilines is 1. The Morgan fingerprint density at radius 3 is 2.67 bits per heavy atom. The first-order valence-corrected chi connectivity index (χ1v) is 7.81. The van der Waals surface area contributed by atoms with Crippen LogP contribution in [0.5, 0.6) is 0 Å². The molecular weight excluding hydrogens is 312 g/mol. The summed E-state index contributed by atoms with van der Waals surface area (Å²) >= 11 is 2.57. The number of carboxylic acid groups (broad SMARTS) is 1. The summed E-state index contributed by atoms with van der Waals surface area (Å²) in [4.78, 5) is 34.2. The SMILES string of the molecule is O=C(CCNC(=O)c1ccsc1)Nc1sccc1C(=O)O. The standard InChI is InChI=1S/C13H12N2O4S2/c16-10(15-12-9(13(18)19)3-6-21-12)1-4-14-11(17)8-2-5-20-7-8/h2-3,5-7H,1,4H2,(H,14,17)(H,15,16)(H,18,19). The number of carbonyl (C=O) groups excluding carboxylic acids is 2. The minimum Gasteiger partial charge on any atom is -0.478 e. The Labute approximate surface area is 128 Å². The van der Waals surface area contributed by atoms with Crippen molar-refractivity contribution in [2.24, 2.45) is 0 Å². The van der Waals surface area contributed by atoms with Crippen LogP contribution in [0.1, 0.15) is 27.1 Å². The Morgan fingerprint density at radius 1 is 1.19 bits per heavy atom. The fourth-order valence-electron chi connectivity index (χ4n) is 1.55. The van der Waals surface area contributed by atoms with E-state index in [0.717, 1.165) is 11.3 Å². The third kappa shape index (κ3) is 4.14. The number of thiophene rings is 2. The Morgan fingerprint density at radius 2 is 2.00 bits per heavy atom. The largest absolute Gasteiger partial charge is 0.478 e. The molecule has 110 valence electrons. The second-order valence-corrected chi connectivity index (χ2v) is 5.73. The van der Waals surface area contributed by atoms with E-state index in [1.807, 2.05) is 0 Å². The van der Waals surface area contributed by atoms with Crippen molar-refractivity contribution in [1.29, 1.82) is 0 Å². The van der Waals surface area contributed by atoms with E-state index in [-0.39, 0.29) is 30.3 Å². The lowest BCUT2D eigenvalue weighted by atomic mass is 10.3. The summed E-state index contributed by atoms with van der Waals surface area (Å²) in [6.45, 7) is 0.189. The molecule has 0 unspecified atom stereocenters. The molecule has 0 aliphatic rings. The zero-order valence-corrected chi connectivity index (χ0v) is 12.4. The summed E-state index contributed by atoms with van der Waals surface area (Å²) in [6.07, 6.45) is 0.0762. The number of hydrogen-bond acceptors (Lipinski definition) is 5. The predicted octanol–water partition coefficient (Wildman–Crippen LogP) is 2.27. The second-order valence-electron chi connectivity index (χ2n) is 4.03. The number of rotatable bonds is 6. The molecule has 0 saturated carbocycles. The van der Waals surface area contributed by atoms with Crippen molar-refractivity contribution < 1.29 is 19.5 Å². The van der Waals surface area contributed by atoms with Crippen LogP contribution in [0.25, 0.3) is 0 Å². The quantitative estimate of drug-likeness (QED) is 0.759. The van der Waals surface area contributed by atoms with Crippen LogP contribution in [0.2, 0.25) is 0 Å². The number of hydrogen-bond donors (Lipinski definition) is 3. The van der Waals surface area contributed by atoms with Crippen molar-refractivity contribution in [3.63, 3.8) is 0 Å². The summed E-state index contributed by atoms with van der Waals surface area (Å²) in [5.41, 5.74) is 0.627. The molecule has 2 rings (SSSR count). The molecule has 0 aromatic carbocycles. The average molecular weight is 324 g/mol. The minimum absolute atomic E-state index is 0.0654. The van der Waals surface area contributed by atoms with Crippen molar-refractivity contribution >= 4 is 45.5 Å². The van der Waals surface area contributed by atoms with E-state index >= 15 is 0 Å². The molecule has 0 saturated heterocycles. The van der Waals surface area contributed by atoms with Gasteiger partial charge in [0.05, 0.1) is 5.56 Å². The molecule has 2 aromatic heterocycles. The van der Waals surface area contributed by atoms with Gasteiger partial charge in [-0.05, 0) is 22.9 Å². The van der Waals surface area contributed by atoms with Crippen LogP contribution >= 0.6 is 22.7 Å². The van der Waals surface area contributed by atoms with E-state index in [9.17, 15) is 14.4 Å². The third-order valence-corrected chi connectivity index (χ3v) is 4.08. The van der Waals surface area contributed by atoms with Crippen LogP contribution in [0.4, 0.5) is 5.00 Å². The maximum absolute atomic E-state index is 11.7. The Kier molecular flexibility index (Phi) is 5.07. The first kappa shape index (κ1) is 15.2. The van der Waals surface area contributed by atoms with Gasteiger partial charge in [0.15, 0.2) is 0 Å². The molecule has 8 heteroatoms. The highest BCUT2D eigenvalue weighted by atomic mass is 32.1. The van der Waals surface area contributed by atoms with Crippen molar-refractivity contribution in [3.8, 4) is 0 Å². The molecule has 0 bridgehead atoms. The van der Waals surface area contributed by atoms with Gasteiger partial charge in [0, 0.05) is 23.9 Å². The molecule has 21 heavy (non-hydrogen) atoms. The highest BCUT2D eigenvalue weighted by Crippen LogP contribution is 2.23. The van der Waals surface area contributed by atoms with E-state index in [2.05, 4.69) is 10.6 Å². The van der Waals surface area contributed by atoms with Gasteiger partial charge in [-0.15, -0.1) is 11.3 Å². The molecule has 3 N–H and O–H groups in total. The van der Waals surface area contributed by atoms with Crippen molar-refractivity contribution in [1.82, 2.24) is 5.32 Å². The van der Waals surface area contributed by atoms with Crippen molar-refractivity contribution in [3.05, 3.63) is 39.4 Å². The van der Waals surface area contributed by atoms with E-state index < -0.39 is 5.97 Å². The van der Waals surface area contributed by atoms with E-state index in [1.165, 1.54) is 17.4 Å². The van der Waals surface area contributed by atoms with Crippen LogP contribution in [-0.4, -0.2) is 29.4 Å². The van der Waals surface area contributed by atoms with Gasteiger partial charge in [0.2, 0.25) is 5.91 Å². The molecule has 0 aliphatic carbocycles. The van der Waals surface area contributed by atoms with Crippen LogP contribution < -0.4 is 10.6 Å². The van der Waals surface area contributed by atoms with Crippen molar-refractivity contribution in [2.75, 3.05) is 11.9 Å². The minimum atomic E-state index is -1.09. The molecule has 2 aromatic rings. The van der Waals surface area contributed by atoms with Crippen LogP contribution in [0, 0.1) is 0 Å². The van der Waals surface area contributed by atoms with E-state index in [4.69, 9.17) is 5.11 Å². The number of carbonyl (C=O) groups is 3. The smallest absolute Gasteiger partial charge is 0.338 e. The molecule has 0 atom stereocenters. The van der Waals surface area contributed by atoms with Gasteiger partial charge in [-0.2, -0.15) is 11.3 Å². The van der Waals surface area contributed by atoms with Gasteiger partial charge in [-0.1, -0.05) is 0 Å². The Balaban J connectivity index is 1.79. The molecular formula is C13H12N2O4S2. The fourth-order valence-corrected chi connectivity index (χ4v) is 2.98. The maximum atomic E-state index is 11.7. The summed E-state index contributed by atoms with van der Waals surface area (Å²) in [7, 11) is 0. The van der Waals surface area contributed by atoms with Gasteiger partial charge in [0.1, 0.15) is 5.00 Å². The summed E-state index contributed by atoms with van der Waals surface area (Å²) in [5, 5.41) is 19.5. The molecule has 2 heterocycles. The maximum Gasteiger partial charge on any atom is 0.338 e. The molecule has 0 radical (unpaired) electrons. The first-order valence-electron chi connectivity index (χ1n) is 5.99. The summed E-state index contributed by atoms with van der Waals surface area (Å²) in [5.74, 6) is -1.66. The fraction of sp³-hybridized carbons (Fsp3) is 0.154. The van der Waals surface area contributed by atoms with E-state index in [0.29, 0.717) is 10.6 Å². The number of aromatic carboxylic acids is 1. The Hall–Kier alpha value is -2.19. The highest BCUT2D eigenvalue weighted by molar-refractivity contribution is 7.14. The zero-order chi connectivity index (χ0) is 15.2. The monoisotopic (exact) mass is 324 g/mol. The zero-order valence-electron chi connectivity index (χ0n) is 10.8. The van der Waals surface area contributed by atoms with E-state index in [1.54, 1.807) is 22.2 Å². The van der Waals surface area contributed by atoms with Crippen LogP contribution in [-0.2, 0) is 4.79 Å². The molecule has 2 amide bonds. The molecule has 6 nitrogen and oxygen atoms in total. The van der Waals surface area contributed by atoms with Gasteiger partial charge in [-0.3, -0.25) is 9.59 Å². The molecule has 0 aliphatic heterocycles. The number of carboxylic acids is 1. The first-order chi connectivity index (χ1) is 10.1. The van der Waals surface area contributed by atoms with Crippen LogP contribution in [0.15, 0.2) is 28.3 Å². The van der Waals surface area contributed by atoms with Gasteiger partial charge in [-0.25, -0.2) is 4.79 Å². The van der Waals surface area contributed by atoms with Gasteiger partial charge < -0.3 is 15.7 Å². The summed E-state index contributed by atoms with van der Waals surface area (Å²) < 4.78 is 0. The molecule has 0 spiro atoms.